The molecule has 1 N–H and O–H groups in total. The monoisotopic (exact) mass is 535 g/mol. The van der Waals surface area contributed by atoms with E-state index in [2.05, 4.69) is 5.32 Å². The summed E-state index contributed by atoms with van der Waals surface area (Å²) in [6.07, 6.45) is 5.68. The van der Waals surface area contributed by atoms with Gasteiger partial charge in [0.05, 0.1) is 11.9 Å². The Balaban J connectivity index is 1.68. The minimum atomic E-state index is -3.80. The molecular weight excluding hydrogens is 500 g/mol. The normalized spacial score (nSPS) is 14.8. The topological polar surface area (TPSA) is 86.8 Å². The number of rotatable bonds is 12. The highest BCUT2D eigenvalue weighted by molar-refractivity contribution is 7.92. The van der Waals surface area contributed by atoms with Crippen LogP contribution >= 0.6 is 0 Å². The lowest BCUT2D eigenvalue weighted by Crippen LogP contribution is -2.50. The molecule has 0 radical (unpaired) electrons. The largest absolute Gasteiger partial charge is 0.352 e. The lowest BCUT2D eigenvalue weighted by atomic mass is 10.1. The fourth-order valence-corrected chi connectivity index (χ4v) is 5.56. The van der Waals surface area contributed by atoms with E-state index >= 15 is 0 Å². The van der Waals surface area contributed by atoms with E-state index in [-0.39, 0.29) is 42.9 Å². The number of amides is 2. The van der Waals surface area contributed by atoms with Crippen molar-refractivity contribution in [1.29, 1.82) is 0 Å². The molecule has 0 aliphatic heterocycles. The van der Waals surface area contributed by atoms with E-state index in [0.717, 1.165) is 53.9 Å². The maximum atomic E-state index is 13.7. The first-order valence-corrected chi connectivity index (χ1v) is 14.5. The first-order valence-electron chi connectivity index (χ1n) is 12.6. The second-order valence-electron chi connectivity index (χ2n) is 9.53. The summed E-state index contributed by atoms with van der Waals surface area (Å²) in [4.78, 5) is 27.8. The summed E-state index contributed by atoms with van der Waals surface area (Å²) in [5, 5.41) is 3.05. The number of halogens is 2. The lowest BCUT2D eigenvalue weighted by molar-refractivity contribution is -0.140. The number of anilines is 1. The Morgan fingerprint density at radius 1 is 1.03 bits per heavy atom. The molecule has 0 spiro atoms. The van der Waals surface area contributed by atoms with Crippen molar-refractivity contribution in [3.05, 3.63) is 65.7 Å². The van der Waals surface area contributed by atoms with Gasteiger partial charge < -0.3 is 10.2 Å². The number of benzene rings is 2. The molecule has 1 aliphatic carbocycles. The van der Waals surface area contributed by atoms with Crippen molar-refractivity contribution in [1.82, 2.24) is 10.2 Å². The number of sulfonamides is 1. The highest BCUT2D eigenvalue weighted by atomic mass is 32.2. The molecule has 0 bridgehead atoms. The number of carbonyl (C=O) groups is 2. The fraction of sp³-hybridized carbons (Fsp3) is 0.481. The highest BCUT2D eigenvalue weighted by Gasteiger charge is 2.28. The first kappa shape index (κ1) is 28.6. The van der Waals surface area contributed by atoms with Gasteiger partial charge in [0.25, 0.3) is 0 Å². The zero-order valence-corrected chi connectivity index (χ0v) is 22.1. The third-order valence-corrected chi connectivity index (χ3v) is 7.89. The van der Waals surface area contributed by atoms with E-state index in [0.29, 0.717) is 13.0 Å². The standard InChI is InChI=1S/C27H35F2N3O4S/c1-20(27(34)30-22-11-6-7-12-22)31(18-16-21-9-4-3-5-10-21)26(33)13-8-17-32(37(2,35)36)23-14-15-24(28)25(29)19-23/h3-5,9-10,14-15,19-20,22H,6-8,11-13,16-18H2,1-2H3,(H,30,34). The SMILES string of the molecule is CC(C(=O)NC1CCCC1)N(CCc1ccccc1)C(=O)CCCN(c1ccc(F)c(F)c1)S(C)(=O)=O. The Kier molecular flexibility index (Phi) is 10.0. The van der Waals surface area contributed by atoms with Crippen LogP contribution in [0, 0.1) is 11.6 Å². The average molecular weight is 536 g/mol. The number of hydrogen-bond acceptors (Lipinski definition) is 4. The van der Waals surface area contributed by atoms with Crippen LogP contribution in [0.4, 0.5) is 14.5 Å². The molecule has 2 aromatic carbocycles. The van der Waals surface area contributed by atoms with Gasteiger partial charge in [0, 0.05) is 31.6 Å². The van der Waals surface area contributed by atoms with Crippen molar-refractivity contribution >= 4 is 27.5 Å². The predicted molar refractivity (Wildman–Crippen MR) is 140 cm³/mol. The van der Waals surface area contributed by atoms with Crippen molar-refractivity contribution in [2.45, 2.75) is 64.0 Å². The summed E-state index contributed by atoms with van der Waals surface area (Å²) in [5.41, 5.74) is 1.02. The molecule has 1 atom stereocenters. The Morgan fingerprint density at radius 2 is 1.70 bits per heavy atom. The smallest absolute Gasteiger partial charge is 0.242 e. The minimum Gasteiger partial charge on any atom is -0.352 e. The Bertz CT molecular complexity index is 1170. The Morgan fingerprint density at radius 3 is 2.32 bits per heavy atom. The van der Waals surface area contributed by atoms with Crippen LogP contribution in [0.3, 0.4) is 0 Å². The predicted octanol–water partition coefficient (Wildman–Crippen LogP) is 4.03. The summed E-state index contributed by atoms with van der Waals surface area (Å²) >= 11 is 0. The molecule has 3 rings (SSSR count). The molecule has 1 saturated carbocycles. The molecule has 0 heterocycles. The second-order valence-corrected chi connectivity index (χ2v) is 11.4. The Hall–Kier alpha value is -3.01. The van der Waals surface area contributed by atoms with Gasteiger partial charge in [-0.25, -0.2) is 17.2 Å². The maximum absolute atomic E-state index is 13.7. The van der Waals surface area contributed by atoms with Gasteiger partial charge >= 0.3 is 0 Å². The van der Waals surface area contributed by atoms with Crippen molar-refractivity contribution in [2.75, 3.05) is 23.7 Å². The van der Waals surface area contributed by atoms with E-state index in [1.807, 2.05) is 30.3 Å². The van der Waals surface area contributed by atoms with Gasteiger partial charge in [0.15, 0.2) is 11.6 Å². The summed E-state index contributed by atoms with van der Waals surface area (Å²) in [7, 11) is -3.80. The number of carbonyl (C=O) groups excluding carboxylic acids is 2. The quantitative estimate of drug-likeness (QED) is 0.445. The van der Waals surface area contributed by atoms with Gasteiger partial charge in [0.1, 0.15) is 6.04 Å². The molecule has 202 valence electrons. The van der Waals surface area contributed by atoms with E-state index in [9.17, 15) is 26.8 Å². The van der Waals surface area contributed by atoms with E-state index in [4.69, 9.17) is 0 Å². The van der Waals surface area contributed by atoms with Gasteiger partial charge in [-0.1, -0.05) is 43.2 Å². The molecule has 0 aromatic heterocycles. The first-order chi connectivity index (χ1) is 17.6. The molecule has 10 heteroatoms. The number of hydrogen-bond donors (Lipinski definition) is 1. The molecule has 0 saturated heterocycles. The molecule has 2 amide bonds. The summed E-state index contributed by atoms with van der Waals surface area (Å²) in [6, 6.07) is 12.0. The minimum absolute atomic E-state index is 0.00840. The molecular formula is C27H35F2N3O4S. The molecule has 1 unspecified atom stereocenters. The molecule has 1 fully saturated rings. The lowest BCUT2D eigenvalue weighted by Gasteiger charge is -2.30. The summed E-state index contributed by atoms with van der Waals surface area (Å²) < 4.78 is 52.7. The zero-order chi connectivity index (χ0) is 27.0. The van der Waals surface area contributed by atoms with E-state index in [1.165, 1.54) is 6.07 Å². The molecule has 2 aromatic rings. The number of nitrogens with zero attached hydrogens (tertiary/aromatic N) is 2. The van der Waals surface area contributed by atoms with Crippen molar-refractivity contribution < 1.29 is 26.8 Å². The summed E-state index contributed by atoms with van der Waals surface area (Å²) in [6.45, 7) is 1.95. The van der Waals surface area contributed by atoms with Crippen LogP contribution in [0.5, 0.6) is 0 Å². The van der Waals surface area contributed by atoms with E-state index in [1.54, 1.807) is 11.8 Å². The third-order valence-electron chi connectivity index (χ3n) is 6.70. The zero-order valence-electron chi connectivity index (χ0n) is 21.3. The third kappa shape index (κ3) is 8.24. The molecule has 37 heavy (non-hydrogen) atoms. The summed E-state index contributed by atoms with van der Waals surface area (Å²) in [5.74, 6) is -2.71. The van der Waals surface area contributed by atoms with Gasteiger partial charge in [-0.15, -0.1) is 0 Å². The van der Waals surface area contributed by atoms with Crippen molar-refractivity contribution in [3.63, 3.8) is 0 Å². The van der Waals surface area contributed by atoms with Crippen molar-refractivity contribution in [3.8, 4) is 0 Å². The van der Waals surface area contributed by atoms with Crippen LogP contribution in [-0.2, 0) is 26.0 Å². The van der Waals surface area contributed by atoms with Crippen LogP contribution < -0.4 is 9.62 Å². The Labute approximate surface area is 217 Å². The highest BCUT2D eigenvalue weighted by Crippen LogP contribution is 2.22. The second kappa shape index (κ2) is 13.0. The van der Waals surface area contributed by atoms with Gasteiger partial charge in [-0.2, -0.15) is 0 Å². The van der Waals surface area contributed by atoms with Gasteiger partial charge in [0.2, 0.25) is 21.8 Å². The molecule has 1 aliphatic rings. The number of nitrogens with one attached hydrogen (secondary N) is 1. The van der Waals surface area contributed by atoms with Crippen LogP contribution in [0.25, 0.3) is 0 Å². The van der Waals surface area contributed by atoms with Gasteiger partial charge in [-0.05, 0) is 50.3 Å². The average Bonchev–Trinajstić information content (AvgIpc) is 3.36. The molecule has 7 nitrogen and oxygen atoms in total. The van der Waals surface area contributed by atoms with Crippen molar-refractivity contribution in [2.24, 2.45) is 0 Å². The fourth-order valence-electron chi connectivity index (χ4n) is 4.61. The van der Waals surface area contributed by atoms with Gasteiger partial charge in [-0.3, -0.25) is 13.9 Å². The van der Waals surface area contributed by atoms with Crippen LogP contribution in [0.1, 0.15) is 51.0 Å². The van der Waals surface area contributed by atoms with E-state index < -0.39 is 27.7 Å². The van der Waals surface area contributed by atoms with Crippen LogP contribution in [0.15, 0.2) is 48.5 Å². The van der Waals surface area contributed by atoms with Crippen LogP contribution in [0.2, 0.25) is 0 Å². The van der Waals surface area contributed by atoms with Crippen LogP contribution in [-0.4, -0.2) is 56.6 Å². The maximum Gasteiger partial charge on any atom is 0.242 e.